The fourth-order valence-electron chi connectivity index (χ4n) is 1.64. The van der Waals surface area contributed by atoms with Crippen LogP contribution in [0.25, 0.3) is 0 Å². The lowest BCUT2D eigenvalue weighted by Crippen LogP contribution is -2.28. The summed E-state index contributed by atoms with van der Waals surface area (Å²) in [5, 5.41) is 0. The normalized spacial score (nSPS) is 10.0. The molecule has 1 heterocycles. The number of ether oxygens (including phenoxy) is 1. The molecule has 2 aromatic rings. The second kappa shape index (κ2) is 5.34. The van der Waals surface area contributed by atoms with E-state index in [-0.39, 0.29) is 5.91 Å². The van der Waals surface area contributed by atoms with Crippen LogP contribution >= 0.6 is 0 Å². The Hall–Kier alpha value is -2.63. The van der Waals surface area contributed by atoms with Crippen LogP contribution in [0.3, 0.4) is 0 Å². The summed E-state index contributed by atoms with van der Waals surface area (Å²) in [6, 6.07) is 6.73. The average molecular weight is 258 g/mol. The zero-order chi connectivity index (χ0) is 13.8. The fraction of sp³-hybridized carbons (Fsp3) is 0.154. The summed E-state index contributed by atoms with van der Waals surface area (Å²) in [5.41, 5.74) is 6.56. The third kappa shape index (κ3) is 2.47. The van der Waals surface area contributed by atoms with E-state index < -0.39 is 0 Å². The average Bonchev–Trinajstić information content (AvgIpc) is 2.47. The highest BCUT2D eigenvalue weighted by molar-refractivity contribution is 6.08. The van der Waals surface area contributed by atoms with E-state index in [1.165, 1.54) is 12.0 Å². The number of nitrogens with two attached hydrogens (primary N) is 1. The molecule has 1 aromatic heterocycles. The Labute approximate surface area is 110 Å². The number of amides is 1. The van der Waals surface area contributed by atoms with Gasteiger partial charge in [0.2, 0.25) is 5.95 Å². The number of rotatable bonds is 3. The molecule has 0 aliphatic heterocycles. The van der Waals surface area contributed by atoms with Crippen LogP contribution in [0.4, 0.5) is 11.6 Å². The van der Waals surface area contributed by atoms with Gasteiger partial charge in [-0.2, -0.15) is 0 Å². The first-order valence-electron chi connectivity index (χ1n) is 5.62. The van der Waals surface area contributed by atoms with Crippen LogP contribution in [0.15, 0.2) is 36.7 Å². The molecule has 0 bridgehead atoms. The number of nitrogens with zero attached hydrogens (tertiary/aromatic N) is 3. The number of carbonyl (C=O) groups is 1. The number of hydrogen-bond acceptors (Lipinski definition) is 5. The highest BCUT2D eigenvalue weighted by atomic mass is 16.5. The van der Waals surface area contributed by atoms with Gasteiger partial charge in [0.25, 0.3) is 5.91 Å². The van der Waals surface area contributed by atoms with Crippen LogP contribution in [0.1, 0.15) is 10.4 Å². The van der Waals surface area contributed by atoms with E-state index in [2.05, 4.69) is 9.97 Å². The molecule has 0 unspecified atom stereocenters. The van der Waals surface area contributed by atoms with Crippen LogP contribution < -0.4 is 15.4 Å². The minimum atomic E-state index is -0.289. The number of nitrogen functional groups attached to an aromatic ring is 1. The highest BCUT2D eigenvalue weighted by Gasteiger charge is 2.19. The molecule has 1 aromatic carbocycles. The molecule has 2 rings (SSSR count). The highest BCUT2D eigenvalue weighted by Crippen LogP contribution is 2.26. The Morgan fingerprint density at radius 1 is 1.26 bits per heavy atom. The fourth-order valence-corrected chi connectivity index (χ4v) is 1.64. The van der Waals surface area contributed by atoms with Gasteiger partial charge >= 0.3 is 0 Å². The molecule has 0 aliphatic carbocycles. The summed E-state index contributed by atoms with van der Waals surface area (Å²) in [4.78, 5) is 21.7. The monoisotopic (exact) mass is 258 g/mol. The predicted octanol–water partition coefficient (Wildman–Crippen LogP) is 1.34. The summed E-state index contributed by atoms with van der Waals surface area (Å²) in [6.45, 7) is 0. The maximum Gasteiger partial charge on any atom is 0.262 e. The van der Waals surface area contributed by atoms with E-state index in [0.717, 1.165) is 0 Å². The van der Waals surface area contributed by atoms with Gasteiger partial charge in [-0.15, -0.1) is 0 Å². The summed E-state index contributed by atoms with van der Waals surface area (Å²) < 4.78 is 5.09. The van der Waals surface area contributed by atoms with Gasteiger partial charge in [0.15, 0.2) is 0 Å². The van der Waals surface area contributed by atoms with E-state index in [1.807, 2.05) is 0 Å². The summed E-state index contributed by atoms with van der Waals surface area (Å²) in [5.74, 6) is 0.491. The topological polar surface area (TPSA) is 81.3 Å². The van der Waals surface area contributed by atoms with Crippen molar-refractivity contribution in [3.05, 3.63) is 42.2 Å². The number of aromatic nitrogens is 2. The smallest absolute Gasteiger partial charge is 0.262 e. The minimum Gasteiger partial charge on any atom is -0.495 e. The van der Waals surface area contributed by atoms with Crippen molar-refractivity contribution in [3.63, 3.8) is 0 Å². The summed E-state index contributed by atoms with van der Waals surface area (Å²) in [7, 11) is 3.10. The van der Waals surface area contributed by atoms with E-state index in [4.69, 9.17) is 10.5 Å². The summed E-state index contributed by atoms with van der Waals surface area (Å²) >= 11 is 0. The van der Waals surface area contributed by atoms with Crippen molar-refractivity contribution in [1.29, 1.82) is 0 Å². The molecule has 2 N–H and O–H groups in total. The zero-order valence-electron chi connectivity index (χ0n) is 10.7. The maximum absolute atomic E-state index is 12.3. The standard InChI is InChI=1S/C13H14N4O2/c1-17(13-15-7-4-8-16-13)12(18)9-5-3-6-10(19-2)11(9)14/h3-8H,14H2,1-2H3. The molecule has 0 spiro atoms. The van der Waals surface area contributed by atoms with Crippen LogP contribution in [0.2, 0.25) is 0 Å². The van der Waals surface area contributed by atoms with Crippen molar-refractivity contribution in [2.45, 2.75) is 0 Å². The van der Waals surface area contributed by atoms with Gasteiger partial charge in [-0.05, 0) is 18.2 Å². The Bertz CT molecular complexity index is 586. The first-order valence-corrected chi connectivity index (χ1v) is 5.62. The maximum atomic E-state index is 12.3. The third-order valence-corrected chi connectivity index (χ3v) is 2.67. The predicted molar refractivity (Wildman–Crippen MR) is 72.2 cm³/mol. The molecular formula is C13H14N4O2. The molecular weight excluding hydrogens is 244 g/mol. The van der Waals surface area contributed by atoms with Crippen molar-refractivity contribution in [2.24, 2.45) is 0 Å². The van der Waals surface area contributed by atoms with Gasteiger partial charge in [-0.3, -0.25) is 9.69 Å². The number of hydrogen-bond donors (Lipinski definition) is 1. The van der Waals surface area contributed by atoms with Crippen molar-refractivity contribution >= 4 is 17.5 Å². The van der Waals surface area contributed by atoms with E-state index in [1.54, 1.807) is 43.7 Å². The first-order chi connectivity index (χ1) is 9.15. The summed E-state index contributed by atoms with van der Waals surface area (Å²) in [6.07, 6.45) is 3.14. The molecule has 6 nitrogen and oxygen atoms in total. The molecule has 0 fully saturated rings. The van der Waals surface area contributed by atoms with Crippen molar-refractivity contribution in [3.8, 4) is 5.75 Å². The van der Waals surface area contributed by atoms with Gasteiger partial charge < -0.3 is 10.5 Å². The quantitative estimate of drug-likeness (QED) is 0.840. The van der Waals surface area contributed by atoms with Crippen molar-refractivity contribution < 1.29 is 9.53 Å². The molecule has 98 valence electrons. The third-order valence-electron chi connectivity index (χ3n) is 2.67. The number of benzene rings is 1. The Morgan fingerprint density at radius 2 is 1.95 bits per heavy atom. The largest absolute Gasteiger partial charge is 0.495 e. The van der Waals surface area contributed by atoms with Gasteiger partial charge in [0.1, 0.15) is 5.75 Å². The second-order valence-electron chi connectivity index (χ2n) is 3.83. The first kappa shape index (κ1) is 12.8. The van der Waals surface area contributed by atoms with Crippen LogP contribution in [-0.2, 0) is 0 Å². The number of anilines is 2. The zero-order valence-corrected chi connectivity index (χ0v) is 10.7. The van der Waals surface area contributed by atoms with Crippen molar-refractivity contribution in [2.75, 3.05) is 24.8 Å². The number of para-hydroxylation sites is 1. The lowest BCUT2D eigenvalue weighted by molar-refractivity contribution is 0.0992. The van der Waals surface area contributed by atoms with Gasteiger partial charge in [0, 0.05) is 19.4 Å². The van der Waals surface area contributed by atoms with Gasteiger partial charge in [0.05, 0.1) is 18.4 Å². The Balaban J connectivity index is 2.35. The Kier molecular flexibility index (Phi) is 3.61. The van der Waals surface area contributed by atoms with Crippen molar-refractivity contribution in [1.82, 2.24) is 9.97 Å². The van der Waals surface area contributed by atoms with E-state index in [0.29, 0.717) is 22.9 Å². The molecule has 19 heavy (non-hydrogen) atoms. The molecule has 0 radical (unpaired) electrons. The lowest BCUT2D eigenvalue weighted by Gasteiger charge is -2.16. The molecule has 0 saturated heterocycles. The molecule has 0 aliphatic rings. The van der Waals surface area contributed by atoms with Gasteiger partial charge in [-0.25, -0.2) is 9.97 Å². The van der Waals surface area contributed by atoms with E-state index >= 15 is 0 Å². The van der Waals surface area contributed by atoms with Crippen LogP contribution in [-0.4, -0.2) is 30.0 Å². The molecule has 1 amide bonds. The van der Waals surface area contributed by atoms with E-state index in [9.17, 15) is 4.79 Å². The number of carbonyl (C=O) groups excluding carboxylic acids is 1. The lowest BCUT2D eigenvalue weighted by atomic mass is 10.1. The van der Waals surface area contributed by atoms with Crippen LogP contribution in [0, 0.1) is 0 Å². The molecule has 6 heteroatoms. The minimum absolute atomic E-state index is 0.289. The Morgan fingerprint density at radius 3 is 2.58 bits per heavy atom. The molecule has 0 saturated carbocycles. The molecule has 0 atom stereocenters. The SMILES string of the molecule is COc1cccc(C(=O)N(C)c2ncccn2)c1N. The van der Waals surface area contributed by atoms with Crippen LogP contribution in [0.5, 0.6) is 5.75 Å². The van der Waals surface area contributed by atoms with Gasteiger partial charge in [-0.1, -0.05) is 6.07 Å². The number of methoxy groups -OCH3 is 1. The second-order valence-corrected chi connectivity index (χ2v) is 3.83.